The molecule has 214 valence electrons. The van der Waals surface area contributed by atoms with E-state index in [-0.39, 0.29) is 17.4 Å². The summed E-state index contributed by atoms with van der Waals surface area (Å²) in [6.45, 7) is 2.26. The van der Waals surface area contributed by atoms with Crippen molar-refractivity contribution in [3.05, 3.63) is 34.4 Å². The number of nitro benzene ring substituents is 1. The van der Waals surface area contributed by atoms with Crippen LogP contribution in [0.5, 0.6) is 0 Å². The third-order valence-electron chi connectivity index (χ3n) is 7.22. The van der Waals surface area contributed by atoms with Gasteiger partial charge in [0.05, 0.1) is 9.82 Å². The first-order valence-corrected chi connectivity index (χ1v) is 16.3. The molecule has 2 unspecified atom stereocenters. The van der Waals surface area contributed by atoms with Crippen molar-refractivity contribution in [2.75, 3.05) is 0 Å². The summed E-state index contributed by atoms with van der Waals surface area (Å²) in [6.07, 6.45) is 20.3. The highest BCUT2D eigenvalue weighted by molar-refractivity contribution is 9.12. The minimum absolute atomic E-state index is 0.0311. The Labute approximate surface area is 241 Å². The zero-order valence-electron chi connectivity index (χ0n) is 23.1. The first-order valence-electron chi connectivity index (χ1n) is 14.7. The Kier molecular flexibility index (Phi) is 16.2. The largest absolute Gasteiger partial charge is 0.454 e. The molecular weight excluding hydrogens is 566 g/mol. The maximum absolute atomic E-state index is 13.2. The molecule has 6 nitrogen and oxygen atoms in total. The van der Waals surface area contributed by atoms with Gasteiger partial charge in [0.25, 0.3) is 5.69 Å². The van der Waals surface area contributed by atoms with Gasteiger partial charge >= 0.3 is 5.97 Å². The molecule has 0 spiro atoms. The van der Waals surface area contributed by atoms with Crippen molar-refractivity contribution in [3.8, 4) is 0 Å². The highest BCUT2D eigenvalue weighted by Crippen LogP contribution is 2.49. The van der Waals surface area contributed by atoms with E-state index in [0.717, 1.165) is 31.0 Å². The zero-order valence-corrected chi connectivity index (χ0v) is 25.5. The molecule has 1 aromatic rings. The van der Waals surface area contributed by atoms with E-state index in [1.165, 1.54) is 83.1 Å². The van der Waals surface area contributed by atoms with E-state index in [2.05, 4.69) is 22.9 Å². The number of nitrogens with zero attached hydrogens (tertiary/aromatic N) is 1. The van der Waals surface area contributed by atoms with Gasteiger partial charge in [0, 0.05) is 12.5 Å². The van der Waals surface area contributed by atoms with Crippen molar-refractivity contribution in [1.29, 1.82) is 0 Å². The number of ketones is 1. The van der Waals surface area contributed by atoms with Crippen LogP contribution >= 0.6 is 27.7 Å². The Morgan fingerprint density at radius 2 is 1.50 bits per heavy atom. The second-order valence-electron chi connectivity index (χ2n) is 10.5. The van der Waals surface area contributed by atoms with Crippen molar-refractivity contribution in [2.45, 2.75) is 144 Å². The number of halogens is 1. The number of hydrogen-bond donors (Lipinski definition) is 0. The lowest BCUT2D eigenvalue weighted by molar-refractivity contribution is -0.387. The number of alkyl halides is 1. The van der Waals surface area contributed by atoms with Crippen LogP contribution in [0, 0.1) is 10.1 Å². The van der Waals surface area contributed by atoms with Crippen LogP contribution in [0.15, 0.2) is 29.2 Å². The van der Waals surface area contributed by atoms with Crippen LogP contribution in [0.4, 0.5) is 5.69 Å². The maximum atomic E-state index is 13.2. The fraction of sp³-hybridized carbons (Fsp3) is 0.733. The Morgan fingerprint density at radius 1 is 0.974 bits per heavy atom. The number of esters is 1. The molecule has 8 heteroatoms. The van der Waals surface area contributed by atoms with Crippen LogP contribution in [-0.4, -0.2) is 26.4 Å². The third-order valence-corrected chi connectivity index (χ3v) is 9.78. The number of ether oxygens (including phenoxy) is 1. The summed E-state index contributed by atoms with van der Waals surface area (Å²) in [5.74, 6) is -0.553. The summed E-state index contributed by atoms with van der Waals surface area (Å²) in [4.78, 5) is 36.9. The minimum atomic E-state index is -1.03. The van der Waals surface area contributed by atoms with E-state index >= 15 is 0 Å². The molecule has 1 fully saturated rings. The van der Waals surface area contributed by atoms with Gasteiger partial charge in [-0.05, 0) is 31.7 Å². The van der Waals surface area contributed by atoms with Crippen LogP contribution in [0.25, 0.3) is 0 Å². The van der Waals surface area contributed by atoms with E-state index in [0.29, 0.717) is 30.6 Å². The van der Waals surface area contributed by atoms with Crippen molar-refractivity contribution in [3.63, 3.8) is 0 Å². The maximum Gasteiger partial charge on any atom is 0.306 e. The van der Waals surface area contributed by atoms with Crippen LogP contribution in [0.2, 0.25) is 0 Å². The zero-order chi connectivity index (χ0) is 27.6. The SMILES string of the molecule is CCCCCCCCCCCCCCCCCC(=O)OC1CCCC(Br)(Sc2ccccc2[N+](=O)[O-])C1=O. The highest BCUT2D eigenvalue weighted by Gasteiger charge is 2.46. The van der Waals surface area contributed by atoms with E-state index in [1.807, 2.05) is 0 Å². The lowest BCUT2D eigenvalue weighted by Crippen LogP contribution is -2.43. The minimum Gasteiger partial charge on any atom is -0.454 e. The van der Waals surface area contributed by atoms with Gasteiger partial charge in [-0.3, -0.25) is 19.7 Å². The van der Waals surface area contributed by atoms with Gasteiger partial charge in [-0.1, -0.05) is 137 Å². The van der Waals surface area contributed by atoms with Crippen LogP contribution < -0.4 is 0 Å². The molecule has 1 aliphatic carbocycles. The quantitative estimate of drug-likeness (QED) is 0.0479. The van der Waals surface area contributed by atoms with Crippen molar-refractivity contribution < 1.29 is 19.2 Å². The van der Waals surface area contributed by atoms with E-state index in [1.54, 1.807) is 18.2 Å². The lowest BCUT2D eigenvalue weighted by Gasteiger charge is -2.33. The standard InChI is InChI=1S/C30H46BrNO5S/c1-2-3-4-5-6-7-8-9-10-11-12-13-14-15-16-23-28(33)37-26-21-19-24-30(31,29(26)34)38-27-22-18-17-20-25(27)32(35)36/h17-18,20,22,26H,2-16,19,21,23-24H2,1H3. The second-order valence-corrected chi connectivity index (χ2v) is 13.7. The van der Waals surface area contributed by atoms with Gasteiger partial charge < -0.3 is 4.74 Å². The van der Waals surface area contributed by atoms with E-state index in [9.17, 15) is 19.7 Å². The van der Waals surface area contributed by atoms with Gasteiger partial charge in [-0.2, -0.15) is 0 Å². The molecule has 0 bridgehead atoms. The predicted octanol–water partition coefficient (Wildman–Crippen LogP) is 9.70. The molecule has 0 amide bonds. The van der Waals surface area contributed by atoms with Crippen molar-refractivity contribution in [2.24, 2.45) is 0 Å². The third kappa shape index (κ3) is 12.2. The number of unbranched alkanes of at least 4 members (excludes halogenated alkanes) is 14. The summed E-state index contributed by atoms with van der Waals surface area (Å²) in [5, 5.41) is 11.4. The normalized spacial score (nSPS) is 19.4. The molecule has 0 heterocycles. The highest BCUT2D eigenvalue weighted by atomic mass is 79.9. The fourth-order valence-corrected chi connectivity index (χ4v) is 7.23. The fourth-order valence-electron chi connectivity index (χ4n) is 4.95. The first kappa shape index (κ1) is 32.8. The molecule has 1 saturated carbocycles. The monoisotopic (exact) mass is 611 g/mol. The summed E-state index contributed by atoms with van der Waals surface area (Å²) in [5.41, 5.74) is -0.0311. The van der Waals surface area contributed by atoms with Crippen molar-refractivity contribution in [1.82, 2.24) is 0 Å². The lowest BCUT2D eigenvalue weighted by atomic mass is 9.95. The molecule has 38 heavy (non-hydrogen) atoms. The number of rotatable bonds is 20. The molecule has 1 aromatic carbocycles. The number of para-hydroxylation sites is 1. The van der Waals surface area contributed by atoms with Crippen LogP contribution in [0.1, 0.15) is 129 Å². The topological polar surface area (TPSA) is 86.5 Å². The molecule has 1 aliphatic rings. The smallest absolute Gasteiger partial charge is 0.306 e. The Balaban J connectivity index is 1.57. The van der Waals surface area contributed by atoms with Gasteiger partial charge in [-0.25, -0.2) is 0 Å². The van der Waals surface area contributed by atoms with E-state index < -0.39 is 14.7 Å². The summed E-state index contributed by atoms with van der Waals surface area (Å²) >= 11 is 4.67. The number of benzene rings is 1. The Morgan fingerprint density at radius 3 is 2.05 bits per heavy atom. The predicted molar refractivity (Wildman–Crippen MR) is 159 cm³/mol. The summed E-state index contributed by atoms with van der Waals surface area (Å²) in [7, 11) is 0. The molecule has 0 aliphatic heterocycles. The van der Waals surface area contributed by atoms with Gasteiger partial charge in [0.15, 0.2) is 11.9 Å². The summed E-state index contributed by atoms with van der Waals surface area (Å²) < 4.78 is 4.54. The first-order chi connectivity index (χ1) is 18.4. The summed E-state index contributed by atoms with van der Waals surface area (Å²) in [6, 6.07) is 6.40. The number of nitro groups is 1. The number of carbonyl (C=O) groups excluding carboxylic acids is 2. The van der Waals surface area contributed by atoms with Gasteiger partial charge in [-0.15, -0.1) is 0 Å². The van der Waals surface area contributed by atoms with Gasteiger partial charge in [0.2, 0.25) is 0 Å². The van der Waals surface area contributed by atoms with E-state index in [4.69, 9.17) is 4.74 Å². The number of carbonyl (C=O) groups is 2. The average molecular weight is 613 g/mol. The molecule has 2 atom stereocenters. The molecule has 0 radical (unpaired) electrons. The van der Waals surface area contributed by atoms with Gasteiger partial charge in [0.1, 0.15) is 3.66 Å². The van der Waals surface area contributed by atoms with Crippen LogP contribution in [0.3, 0.4) is 0 Å². The Hall–Kier alpha value is -1.41. The number of Topliss-reactive ketones (excluding diaryl/α,β-unsaturated/α-hetero) is 1. The molecule has 2 rings (SSSR count). The average Bonchev–Trinajstić information content (AvgIpc) is 2.89. The molecule has 0 saturated heterocycles. The molecular formula is C30H46BrNO5S. The van der Waals surface area contributed by atoms with Crippen LogP contribution in [-0.2, 0) is 14.3 Å². The second kappa shape index (κ2) is 18.8. The molecule has 0 N–H and O–H groups in total. The number of hydrogen-bond acceptors (Lipinski definition) is 6. The Bertz CT molecular complexity index is 867. The van der Waals surface area contributed by atoms with Crippen molar-refractivity contribution >= 4 is 45.1 Å². The number of thioether (sulfide) groups is 1. The molecule has 0 aromatic heterocycles.